The molecule has 0 bridgehead atoms. The molecule has 7 nitrogen and oxygen atoms in total. The van der Waals surface area contributed by atoms with Crippen molar-refractivity contribution in [3.63, 3.8) is 0 Å². The van der Waals surface area contributed by atoms with E-state index >= 15 is 0 Å². The third-order valence-corrected chi connectivity index (χ3v) is 4.88. The highest BCUT2D eigenvalue weighted by Gasteiger charge is 2.29. The highest BCUT2D eigenvalue weighted by atomic mass is 16.5. The van der Waals surface area contributed by atoms with Gasteiger partial charge in [-0.25, -0.2) is 4.79 Å². The monoisotopic (exact) mass is 402 g/mol. The predicted octanol–water partition coefficient (Wildman–Crippen LogP) is 0.173. The van der Waals surface area contributed by atoms with Gasteiger partial charge in [-0.15, -0.1) is 0 Å². The van der Waals surface area contributed by atoms with Crippen molar-refractivity contribution in [3.8, 4) is 0 Å². The Labute approximate surface area is 172 Å². The van der Waals surface area contributed by atoms with Gasteiger partial charge in [-0.2, -0.15) is 4.57 Å². The Balaban J connectivity index is 1.46. The third kappa shape index (κ3) is 3.78. The van der Waals surface area contributed by atoms with Gasteiger partial charge in [-0.1, -0.05) is 36.4 Å². The molecule has 1 aliphatic carbocycles. The number of ketones is 2. The van der Waals surface area contributed by atoms with Crippen LogP contribution in [0.3, 0.4) is 0 Å². The van der Waals surface area contributed by atoms with Crippen LogP contribution in [0.15, 0.2) is 67.0 Å². The molecule has 2 N–H and O–H groups in total. The SMILES string of the molecule is O=C(C[n+]1cccc(B(O)O)c1)OCc1ccc2c(c1)C(=O)c1ccccc1C2=O. The van der Waals surface area contributed by atoms with E-state index in [0.717, 1.165) is 0 Å². The molecule has 0 aliphatic heterocycles. The van der Waals surface area contributed by atoms with Gasteiger partial charge in [0.25, 0.3) is 0 Å². The first-order valence-corrected chi connectivity index (χ1v) is 9.26. The second-order valence-corrected chi connectivity index (χ2v) is 6.93. The van der Waals surface area contributed by atoms with Gasteiger partial charge >= 0.3 is 13.1 Å². The molecule has 1 aliphatic rings. The molecule has 0 saturated heterocycles. The molecule has 0 radical (unpaired) electrons. The Kier molecular flexibility index (Phi) is 5.26. The Morgan fingerprint density at radius 2 is 1.57 bits per heavy atom. The van der Waals surface area contributed by atoms with E-state index in [2.05, 4.69) is 0 Å². The van der Waals surface area contributed by atoms with Gasteiger partial charge in [0, 0.05) is 33.8 Å². The third-order valence-electron chi connectivity index (χ3n) is 4.88. The van der Waals surface area contributed by atoms with E-state index < -0.39 is 13.1 Å². The van der Waals surface area contributed by atoms with Crippen LogP contribution in [0.4, 0.5) is 0 Å². The second kappa shape index (κ2) is 8.02. The zero-order valence-corrected chi connectivity index (χ0v) is 15.8. The number of carbonyl (C=O) groups excluding carboxylic acids is 3. The van der Waals surface area contributed by atoms with Crippen LogP contribution in [0, 0.1) is 0 Å². The molecular formula is C22H17BNO6+. The summed E-state index contributed by atoms with van der Waals surface area (Å²) in [6.45, 7) is -0.172. The average molecular weight is 402 g/mol. The number of benzene rings is 2. The van der Waals surface area contributed by atoms with Crippen molar-refractivity contribution < 1.29 is 33.7 Å². The summed E-state index contributed by atoms with van der Waals surface area (Å²) in [7, 11) is -1.63. The molecule has 0 amide bonds. The zero-order chi connectivity index (χ0) is 21.3. The van der Waals surface area contributed by atoms with Crippen molar-refractivity contribution in [1.82, 2.24) is 0 Å². The Morgan fingerprint density at radius 3 is 2.27 bits per heavy atom. The minimum Gasteiger partial charge on any atom is -0.456 e. The molecule has 1 heterocycles. The van der Waals surface area contributed by atoms with Crippen LogP contribution in [-0.2, 0) is 22.7 Å². The van der Waals surface area contributed by atoms with Crippen molar-refractivity contribution >= 4 is 30.1 Å². The van der Waals surface area contributed by atoms with Crippen LogP contribution < -0.4 is 10.0 Å². The summed E-state index contributed by atoms with van der Waals surface area (Å²) < 4.78 is 6.75. The van der Waals surface area contributed by atoms with Crippen LogP contribution >= 0.6 is 0 Å². The molecule has 1 aromatic heterocycles. The summed E-state index contributed by atoms with van der Waals surface area (Å²) in [5.41, 5.74) is 2.23. The minimum atomic E-state index is -1.63. The quantitative estimate of drug-likeness (QED) is 0.280. The molecule has 0 fully saturated rings. The number of ether oxygens (including phenoxy) is 1. The number of rotatable bonds is 5. The van der Waals surface area contributed by atoms with Gasteiger partial charge in [0.2, 0.25) is 6.54 Å². The van der Waals surface area contributed by atoms with E-state index in [1.54, 1.807) is 54.7 Å². The highest BCUT2D eigenvalue weighted by molar-refractivity contribution is 6.58. The molecular weight excluding hydrogens is 385 g/mol. The lowest BCUT2D eigenvalue weighted by Crippen LogP contribution is -2.44. The number of aromatic nitrogens is 1. The number of esters is 1. The number of carbonyl (C=O) groups is 3. The van der Waals surface area contributed by atoms with Crippen LogP contribution in [0.5, 0.6) is 0 Å². The number of pyridine rings is 1. The predicted molar refractivity (Wildman–Crippen MR) is 106 cm³/mol. The molecule has 0 spiro atoms. The molecule has 30 heavy (non-hydrogen) atoms. The second-order valence-electron chi connectivity index (χ2n) is 6.93. The lowest BCUT2D eigenvalue weighted by Gasteiger charge is -2.18. The fraction of sp³-hybridized carbons (Fsp3) is 0.0909. The van der Waals surface area contributed by atoms with Crippen molar-refractivity contribution in [2.75, 3.05) is 0 Å². The van der Waals surface area contributed by atoms with Crippen LogP contribution in [0.2, 0.25) is 0 Å². The number of hydrogen-bond donors (Lipinski definition) is 2. The molecule has 0 atom stereocenters. The van der Waals surface area contributed by atoms with Crippen molar-refractivity contribution in [3.05, 3.63) is 94.8 Å². The highest BCUT2D eigenvalue weighted by Crippen LogP contribution is 2.28. The Hall–Kier alpha value is -3.62. The van der Waals surface area contributed by atoms with Crippen molar-refractivity contribution in [2.24, 2.45) is 0 Å². The fourth-order valence-corrected chi connectivity index (χ4v) is 3.39. The summed E-state index contributed by atoms with van der Waals surface area (Å²) in [4.78, 5) is 37.5. The van der Waals surface area contributed by atoms with E-state index in [4.69, 9.17) is 4.74 Å². The average Bonchev–Trinajstić information content (AvgIpc) is 2.76. The summed E-state index contributed by atoms with van der Waals surface area (Å²) in [5.74, 6) is -0.968. The van der Waals surface area contributed by atoms with Crippen molar-refractivity contribution in [1.29, 1.82) is 0 Å². The summed E-state index contributed by atoms with van der Waals surface area (Å²) in [6, 6.07) is 14.6. The van der Waals surface area contributed by atoms with Crippen LogP contribution in [0.1, 0.15) is 37.4 Å². The van der Waals surface area contributed by atoms with E-state index in [1.807, 2.05) is 0 Å². The lowest BCUT2D eigenvalue weighted by molar-refractivity contribution is -0.685. The molecule has 3 aromatic rings. The van der Waals surface area contributed by atoms with Gasteiger partial charge in [-0.05, 0) is 17.7 Å². The van der Waals surface area contributed by atoms with E-state index in [0.29, 0.717) is 27.8 Å². The molecule has 0 unspecified atom stereocenters. The van der Waals surface area contributed by atoms with Gasteiger partial charge in [0.1, 0.15) is 6.61 Å². The number of nitrogens with zero attached hydrogens (tertiary/aromatic N) is 1. The number of hydrogen-bond acceptors (Lipinski definition) is 6. The normalized spacial score (nSPS) is 12.2. The Morgan fingerprint density at radius 1 is 0.900 bits per heavy atom. The minimum absolute atomic E-state index is 0.0574. The lowest BCUT2D eigenvalue weighted by atomic mass is 9.82. The zero-order valence-electron chi connectivity index (χ0n) is 15.8. The molecule has 8 heteroatoms. The smallest absolute Gasteiger partial charge is 0.456 e. The summed E-state index contributed by atoms with van der Waals surface area (Å²) in [5, 5.41) is 18.4. The first-order valence-electron chi connectivity index (χ1n) is 9.26. The maximum atomic E-state index is 12.8. The summed E-state index contributed by atoms with van der Waals surface area (Å²) in [6.07, 6.45) is 3.04. The first-order chi connectivity index (χ1) is 14.4. The van der Waals surface area contributed by atoms with Gasteiger partial charge in [0.15, 0.2) is 24.0 Å². The van der Waals surface area contributed by atoms with Crippen LogP contribution in [-0.4, -0.2) is 34.7 Å². The van der Waals surface area contributed by atoms with E-state index in [9.17, 15) is 24.4 Å². The fourth-order valence-electron chi connectivity index (χ4n) is 3.39. The molecule has 2 aromatic carbocycles. The molecule has 0 saturated carbocycles. The van der Waals surface area contributed by atoms with E-state index in [1.165, 1.54) is 16.8 Å². The standard InChI is InChI=1S/C22H17BNO6/c25-20(12-24-9-3-4-15(11-24)23(28)29)30-13-14-7-8-18-19(10-14)22(27)17-6-2-1-5-16(17)21(18)26/h1-11,28-29H,12-13H2/q+1. The van der Waals surface area contributed by atoms with Crippen molar-refractivity contribution in [2.45, 2.75) is 13.2 Å². The van der Waals surface area contributed by atoms with E-state index in [-0.39, 0.29) is 30.2 Å². The Bertz CT molecular complexity index is 1170. The largest absolute Gasteiger partial charge is 0.494 e. The molecule has 4 rings (SSSR count). The number of fused-ring (bicyclic) bond motifs is 2. The maximum absolute atomic E-state index is 12.8. The maximum Gasteiger partial charge on any atom is 0.494 e. The van der Waals surface area contributed by atoms with Gasteiger partial charge < -0.3 is 14.8 Å². The first kappa shape index (κ1) is 19.7. The van der Waals surface area contributed by atoms with Crippen LogP contribution in [0.25, 0.3) is 0 Å². The topological polar surface area (TPSA) is 105 Å². The summed E-state index contributed by atoms with van der Waals surface area (Å²) >= 11 is 0. The molecule has 148 valence electrons. The van der Waals surface area contributed by atoms with Gasteiger partial charge in [0.05, 0.1) is 0 Å². The van der Waals surface area contributed by atoms with Gasteiger partial charge in [-0.3, -0.25) is 9.59 Å².